The zero-order valence-electron chi connectivity index (χ0n) is 12.9. The van der Waals surface area contributed by atoms with Crippen LogP contribution in [0.15, 0.2) is 65.8 Å². The summed E-state index contributed by atoms with van der Waals surface area (Å²) in [6, 6.07) is 19.9. The van der Waals surface area contributed by atoms with E-state index in [1.807, 2.05) is 67.6 Å². The number of fused-ring (bicyclic) bond motifs is 1. The SMILES string of the molecule is CCO[C@H]1C[C@]2(c3ccccc3)ON=C(c3ccccc3)N2O1. The lowest BCUT2D eigenvalue weighted by Gasteiger charge is -2.28. The quantitative estimate of drug-likeness (QED) is 0.869. The minimum absolute atomic E-state index is 0.352. The van der Waals surface area contributed by atoms with Gasteiger partial charge in [0.15, 0.2) is 6.29 Å². The first-order chi connectivity index (χ1) is 11.3. The second-order valence-corrected chi connectivity index (χ2v) is 5.51. The maximum atomic E-state index is 6.01. The predicted molar refractivity (Wildman–Crippen MR) is 85.1 cm³/mol. The summed E-state index contributed by atoms with van der Waals surface area (Å²) in [6.45, 7) is 2.54. The number of oxime groups is 1. The topological polar surface area (TPSA) is 43.3 Å². The molecule has 2 atom stereocenters. The van der Waals surface area contributed by atoms with Gasteiger partial charge in [0.2, 0.25) is 5.84 Å². The molecule has 1 saturated heterocycles. The van der Waals surface area contributed by atoms with Gasteiger partial charge in [-0.15, -0.1) is 0 Å². The van der Waals surface area contributed by atoms with Crippen LogP contribution < -0.4 is 0 Å². The van der Waals surface area contributed by atoms with Crippen molar-refractivity contribution in [3.8, 4) is 0 Å². The molecule has 2 aliphatic rings. The number of nitrogens with zero attached hydrogens (tertiary/aromatic N) is 2. The molecular formula is C18H18N2O3. The average molecular weight is 310 g/mol. The Balaban J connectivity index is 1.73. The second kappa shape index (κ2) is 5.68. The largest absolute Gasteiger partial charge is 0.357 e. The van der Waals surface area contributed by atoms with Crippen LogP contribution in [0.4, 0.5) is 0 Å². The third-order valence-corrected chi connectivity index (χ3v) is 4.08. The summed E-state index contributed by atoms with van der Waals surface area (Å²) in [5.74, 6) is 0.664. The third kappa shape index (κ3) is 2.29. The van der Waals surface area contributed by atoms with E-state index < -0.39 is 5.72 Å². The standard InChI is InChI=1S/C18H18N2O3/c1-2-21-16-13-18(15-11-7-4-8-12-15)20(22-16)17(19-23-18)14-9-5-3-6-10-14/h3-12,16H,2,13H2,1H3/t16-,18-/m1/s1. The highest BCUT2D eigenvalue weighted by molar-refractivity contribution is 5.99. The molecule has 0 spiro atoms. The van der Waals surface area contributed by atoms with Gasteiger partial charge in [0.25, 0.3) is 5.72 Å². The van der Waals surface area contributed by atoms with E-state index >= 15 is 0 Å². The van der Waals surface area contributed by atoms with Crippen molar-refractivity contribution in [2.24, 2.45) is 5.16 Å². The van der Waals surface area contributed by atoms with Crippen LogP contribution in [0.5, 0.6) is 0 Å². The molecule has 0 N–H and O–H groups in total. The van der Waals surface area contributed by atoms with Crippen LogP contribution in [0.3, 0.4) is 0 Å². The normalized spacial score (nSPS) is 25.9. The minimum atomic E-state index is -0.772. The highest BCUT2D eigenvalue weighted by Gasteiger charge is 2.57. The first-order valence-electron chi connectivity index (χ1n) is 7.79. The molecule has 0 aliphatic carbocycles. The van der Waals surface area contributed by atoms with Crippen LogP contribution in [0.25, 0.3) is 0 Å². The zero-order chi connectivity index (χ0) is 15.7. The van der Waals surface area contributed by atoms with Crippen molar-refractivity contribution in [3.63, 3.8) is 0 Å². The Kier molecular flexibility index (Phi) is 3.52. The molecular weight excluding hydrogens is 292 g/mol. The monoisotopic (exact) mass is 310 g/mol. The molecule has 2 aromatic rings. The van der Waals surface area contributed by atoms with Gasteiger partial charge in [0, 0.05) is 17.7 Å². The lowest BCUT2D eigenvalue weighted by atomic mass is 9.99. The molecule has 0 aromatic heterocycles. The van der Waals surface area contributed by atoms with Gasteiger partial charge in [-0.25, -0.2) is 4.84 Å². The van der Waals surface area contributed by atoms with Crippen molar-refractivity contribution in [2.75, 3.05) is 6.61 Å². The molecule has 118 valence electrons. The van der Waals surface area contributed by atoms with Gasteiger partial charge in [-0.1, -0.05) is 65.8 Å². The number of hydrogen-bond acceptors (Lipinski definition) is 5. The summed E-state index contributed by atoms with van der Waals surface area (Å²) >= 11 is 0. The van der Waals surface area contributed by atoms with Gasteiger partial charge in [-0.05, 0) is 6.92 Å². The van der Waals surface area contributed by atoms with Crippen LogP contribution in [-0.2, 0) is 20.1 Å². The van der Waals surface area contributed by atoms with Gasteiger partial charge in [0.05, 0.1) is 6.42 Å². The first kappa shape index (κ1) is 14.2. The summed E-state index contributed by atoms with van der Waals surface area (Å²) in [5, 5.41) is 6.04. The third-order valence-electron chi connectivity index (χ3n) is 4.08. The lowest BCUT2D eigenvalue weighted by molar-refractivity contribution is -0.237. The number of rotatable bonds is 4. The molecule has 5 nitrogen and oxygen atoms in total. The van der Waals surface area contributed by atoms with Crippen LogP contribution >= 0.6 is 0 Å². The number of ether oxygens (including phenoxy) is 1. The Labute approximate surface area is 135 Å². The zero-order valence-corrected chi connectivity index (χ0v) is 12.9. The molecule has 0 radical (unpaired) electrons. The molecule has 1 fully saturated rings. The minimum Gasteiger partial charge on any atom is -0.357 e. The van der Waals surface area contributed by atoms with Crippen LogP contribution in [-0.4, -0.2) is 23.8 Å². The Morgan fingerprint density at radius 3 is 2.52 bits per heavy atom. The van der Waals surface area contributed by atoms with Crippen molar-refractivity contribution in [1.29, 1.82) is 0 Å². The molecule has 5 heteroatoms. The summed E-state index contributed by atoms with van der Waals surface area (Å²) in [4.78, 5) is 11.9. The summed E-state index contributed by atoms with van der Waals surface area (Å²) in [5.41, 5.74) is 1.17. The average Bonchev–Trinajstić information content (AvgIpc) is 3.13. The van der Waals surface area contributed by atoms with E-state index in [9.17, 15) is 0 Å². The smallest absolute Gasteiger partial charge is 0.264 e. The summed E-state index contributed by atoms with van der Waals surface area (Å²) in [7, 11) is 0. The van der Waals surface area contributed by atoms with Crippen molar-refractivity contribution in [3.05, 3.63) is 71.8 Å². The van der Waals surface area contributed by atoms with Gasteiger partial charge in [-0.3, -0.25) is 0 Å². The van der Waals surface area contributed by atoms with Crippen molar-refractivity contribution in [1.82, 2.24) is 5.06 Å². The predicted octanol–water partition coefficient (Wildman–Crippen LogP) is 3.23. The van der Waals surface area contributed by atoms with E-state index in [1.54, 1.807) is 5.06 Å². The summed E-state index contributed by atoms with van der Waals surface area (Å²) < 4.78 is 5.67. The molecule has 2 aliphatic heterocycles. The summed E-state index contributed by atoms with van der Waals surface area (Å²) in [6.07, 6.45) is 0.208. The molecule has 0 saturated carbocycles. The Morgan fingerprint density at radius 2 is 1.83 bits per heavy atom. The highest BCUT2D eigenvalue weighted by Crippen LogP contribution is 2.46. The maximum Gasteiger partial charge on any atom is 0.264 e. The van der Waals surface area contributed by atoms with Crippen molar-refractivity contribution < 1.29 is 14.4 Å². The highest BCUT2D eigenvalue weighted by atomic mass is 16.9. The van der Waals surface area contributed by atoms with Crippen LogP contribution in [0, 0.1) is 0 Å². The number of hydrogen-bond donors (Lipinski definition) is 0. The molecule has 0 bridgehead atoms. The van der Waals surface area contributed by atoms with E-state index in [4.69, 9.17) is 14.4 Å². The van der Waals surface area contributed by atoms with Gasteiger partial charge in [0.1, 0.15) is 0 Å². The number of hydroxylamine groups is 2. The Morgan fingerprint density at radius 1 is 1.13 bits per heavy atom. The fraction of sp³-hybridized carbons (Fsp3) is 0.278. The number of benzene rings is 2. The molecule has 2 heterocycles. The van der Waals surface area contributed by atoms with E-state index in [2.05, 4.69) is 5.16 Å². The van der Waals surface area contributed by atoms with Gasteiger partial charge < -0.3 is 9.57 Å². The van der Waals surface area contributed by atoms with E-state index in [-0.39, 0.29) is 6.29 Å². The first-order valence-corrected chi connectivity index (χ1v) is 7.79. The molecule has 0 amide bonds. The fourth-order valence-electron chi connectivity index (χ4n) is 3.02. The lowest BCUT2D eigenvalue weighted by Crippen LogP contribution is -2.40. The fourth-order valence-corrected chi connectivity index (χ4v) is 3.02. The molecule has 0 unspecified atom stereocenters. The van der Waals surface area contributed by atoms with Crippen molar-refractivity contribution >= 4 is 5.84 Å². The van der Waals surface area contributed by atoms with Gasteiger partial charge in [-0.2, -0.15) is 5.06 Å². The van der Waals surface area contributed by atoms with E-state index in [0.29, 0.717) is 18.9 Å². The number of amidine groups is 1. The van der Waals surface area contributed by atoms with Crippen LogP contribution in [0.2, 0.25) is 0 Å². The van der Waals surface area contributed by atoms with Gasteiger partial charge >= 0.3 is 0 Å². The van der Waals surface area contributed by atoms with E-state index in [0.717, 1.165) is 11.1 Å². The Hall–Kier alpha value is -2.37. The van der Waals surface area contributed by atoms with Crippen LogP contribution in [0.1, 0.15) is 24.5 Å². The van der Waals surface area contributed by atoms with E-state index in [1.165, 1.54) is 0 Å². The molecule has 2 aromatic carbocycles. The maximum absolute atomic E-state index is 6.01. The second-order valence-electron chi connectivity index (χ2n) is 5.51. The molecule has 23 heavy (non-hydrogen) atoms. The Bertz CT molecular complexity index is 705. The van der Waals surface area contributed by atoms with Crippen molar-refractivity contribution in [2.45, 2.75) is 25.4 Å². The molecule has 4 rings (SSSR count).